The number of ether oxygens (including phenoxy) is 2. The maximum Gasteiger partial charge on any atom is 0.341 e. The van der Waals surface area contributed by atoms with Crippen molar-refractivity contribution in [2.45, 2.75) is 50.2 Å². The van der Waals surface area contributed by atoms with Gasteiger partial charge in [0.2, 0.25) is 0 Å². The topological polar surface area (TPSA) is 61.6 Å². The zero-order valence-electron chi connectivity index (χ0n) is 11.9. The summed E-state index contributed by atoms with van der Waals surface area (Å²) in [6.07, 6.45) is 5.53. The van der Waals surface area contributed by atoms with E-state index < -0.39 is 11.8 Å². The van der Waals surface area contributed by atoms with Gasteiger partial charge in [-0.1, -0.05) is 12.8 Å². The lowest BCUT2D eigenvalue weighted by Crippen LogP contribution is -2.41. The molecule has 2 fully saturated rings. The Morgan fingerprint density at radius 2 is 2.14 bits per heavy atom. The van der Waals surface area contributed by atoms with Crippen LogP contribution in [-0.2, 0) is 9.47 Å². The fraction of sp³-hybridized carbons (Fsp3) is 0.562. The second-order valence-electron chi connectivity index (χ2n) is 6.00. The summed E-state index contributed by atoms with van der Waals surface area (Å²) in [7, 11) is 0. The molecule has 1 unspecified atom stereocenters. The number of carbonyl (C=O) groups is 1. The molecule has 1 aromatic carbocycles. The van der Waals surface area contributed by atoms with Crippen LogP contribution in [-0.4, -0.2) is 24.3 Å². The molecule has 1 aliphatic carbocycles. The third-order valence-corrected chi connectivity index (χ3v) is 4.45. The number of anilines is 1. The zero-order chi connectivity index (χ0) is 14.9. The Morgan fingerprint density at radius 1 is 1.38 bits per heavy atom. The van der Waals surface area contributed by atoms with Gasteiger partial charge in [-0.25, -0.2) is 9.18 Å². The summed E-state index contributed by atoms with van der Waals surface area (Å²) < 4.78 is 25.1. The van der Waals surface area contributed by atoms with Crippen molar-refractivity contribution >= 4 is 11.7 Å². The van der Waals surface area contributed by atoms with E-state index in [-0.39, 0.29) is 17.3 Å². The number of rotatable bonds is 2. The van der Waals surface area contributed by atoms with Crippen LogP contribution in [0.25, 0.3) is 0 Å². The van der Waals surface area contributed by atoms with Crippen LogP contribution in [0.4, 0.5) is 10.1 Å². The molecule has 1 atom stereocenters. The Hall–Kier alpha value is -1.62. The molecule has 1 saturated carbocycles. The van der Waals surface area contributed by atoms with E-state index in [2.05, 4.69) is 0 Å². The average Bonchev–Trinajstić information content (AvgIpc) is 2.89. The van der Waals surface area contributed by atoms with E-state index in [0.717, 1.165) is 25.7 Å². The van der Waals surface area contributed by atoms with Gasteiger partial charge in [0.15, 0.2) is 0 Å². The van der Waals surface area contributed by atoms with Crippen LogP contribution in [0.15, 0.2) is 18.2 Å². The van der Waals surface area contributed by atoms with E-state index in [1.807, 2.05) is 0 Å². The van der Waals surface area contributed by atoms with Crippen molar-refractivity contribution in [3.8, 4) is 0 Å². The summed E-state index contributed by atoms with van der Waals surface area (Å²) in [6, 6.07) is 3.94. The van der Waals surface area contributed by atoms with Gasteiger partial charge in [-0.15, -0.1) is 0 Å². The fourth-order valence-corrected chi connectivity index (χ4v) is 3.37. The zero-order valence-corrected chi connectivity index (χ0v) is 11.9. The Kier molecular flexibility index (Phi) is 3.85. The van der Waals surface area contributed by atoms with E-state index in [0.29, 0.717) is 25.1 Å². The summed E-state index contributed by atoms with van der Waals surface area (Å²) in [5.41, 5.74) is 5.73. The highest BCUT2D eigenvalue weighted by Gasteiger charge is 2.41. The lowest BCUT2D eigenvalue weighted by molar-refractivity contribution is -0.117. The average molecular weight is 293 g/mol. The molecule has 1 saturated heterocycles. The molecule has 1 spiro atoms. The Bertz CT molecular complexity index is 540. The molecule has 4 nitrogen and oxygen atoms in total. The van der Waals surface area contributed by atoms with Gasteiger partial charge < -0.3 is 15.2 Å². The number of carbonyl (C=O) groups excluding carboxylic acids is 1. The van der Waals surface area contributed by atoms with Crippen LogP contribution in [0.1, 0.15) is 48.9 Å². The van der Waals surface area contributed by atoms with Crippen LogP contribution in [0, 0.1) is 5.82 Å². The van der Waals surface area contributed by atoms with E-state index in [1.165, 1.54) is 18.2 Å². The lowest BCUT2D eigenvalue weighted by atomic mass is 9.90. The molecule has 5 heteroatoms. The minimum atomic E-state index is -0.639. The third-order valence-electron chi connectivity index (χ3n) is 4.45. The quantitative estimate of drug-likeness (QED) is 0.672. The summed E-state index contributed by atoms with van der Waals surface area (Å²) in [5.74, 6) is -1.24. The number of nitrogen functional groups attached to an aromatic ring is 1. The Balaban J connectivity index is 1.68. The fourth-order valence-electron chi connectivity index (χ4n) is 3.37. The predicted octanol–water partition coefficient (Wildman–Crippen LogP) is 3.06. The van der Waals surface area contributed by atoms with Crippen molar-refractivity contribution in [2.24, 2.45) is 0 Å². The second-order valence-corrected chi connectivity index (χ2v) is 6.00. The first kappa shape index (κ1) is 14.3. The van der Waals surface area contributed by atoms with E-state index in [1.54, 1.807) is 0 Å². The molecule has 3 rings (SSSR count). The highest BCUT2D eigenvalue weighted by atomic mass is 19.1. The first-order chi connectivity index (χ1) is 10.1. The minimum absolute atomic E-state index is 0.0954. The van der Waals surface area contributed by atoms with Gasteiger partial charge in [-0.3, -0.25) is 0 Å². The Labute approximate surface area is 123 Å². The highest BCUT2D eigenvalue weighted by Crippen LogP contribution is 2.40. The standard InChI is InChI=1S/C16H20FNO3/c17-14-4-3-11(18)9-13(14)15(19)21-12-5-8-20-16(10-12)6-1-2-7-16/h3-4,9,12H,1-2,5-8,10,18H2. The summed E-state index contributed by atoms with van der Waals surface area (Å²) in [4.78, 5) is 12.1. The van der Waals surface area contributed by atoms with E-state index >= 15 is 0 Å². The van der Waals surface area contributed by atoms with Crippen molar-refractivity contribution in [2.75, 3.05) is 12.3 Å². The molecule has 1 heterocycles. The van der Waals surface area contributed by atoms with Gasteiger partial charge in [0, 0.05) is 18.5 Å². The largest absolute Gasteiger partial charge is 0.458 e. The first-order valence-electron chi connectivity index (χ1n) is 7.48. The summed E-state index contributed by atoms with van der Waals surface area (Å²) in [5, 5.41) is 0. The summed E-state index contributed by atoms with van der Waals surface area (Å²) >= 11 is 0. The van der Waals surface area contributed by atoms with Gasteiger partial charge in [0.1, 0.15) is 11.9 Å². The van der Waals surface area contributed by atoms with Gasteiger partial charge in [-0.05, 0) is 31.0 Å². The number of hydrogen-bond acceptors (Lipinski definition) is 4. The van der Waals surface area contributed by atoms with Crippen molar-refractivity contribution in [3.63, 3.8) is 0 Å². The molecule has 0 amide bonds. The predicted molar refractivity (Wildman–Crippen MR) is 76.4 cm³/mol. The molecule has 0 radical (unpaired) electrons. The van der Waals surface area contributed by atoms with Crippen molar-refractivity contribution in [3.05, 3.63) is 29.6 Å². The smallest absolute Gasteiger partial charge is 0.341 e. The molecule has 1 aliphatic heterocycles. The van der Waals surface area contributed by atoms with Crippen LogP contribution in [0.5, 0.6) is 0 Å². The first-order valence-corrected chi connectivity index (χ1v) is 7.48. The van der Waals surface area contributed by atoms with Gasteiger partial charge in [-0.2, -0.15) is 0 Å². The van der Waals surface area contributed by atoms with Gasteiger partial charge in [0.25, 0.3) is 0 Å². The molecule has 2 N–H and O–H groups in total. The molecular weight excluding hydrogens is 273 g/mol. The van der Waals surface area contributed by atoms with Gasteiger partial charge >= 0.3 is 5.97 Å². The molecule has 21 heavy (non-hydrogen) atoms. The highest BCUT2D eigenvalue weighted by molar-refractivity contribution is 5.90. The molecule has 0 bridgehead atoms. The van der Waals surface area contributed by atoms with E-state index in [9.17, 15) is 9.18 Å². The number of hydrogen-bond donors (Lipinski definition) is 1. The molecule has 2 aliphatic rings. The van der Waals surface area contributed by atoms with Crippen LogP contribution in [0.2, 0.25) is 0 Å². The number of nitrogens with two attached hydrogens (primary N) is 1. The number of esters is 1. The third kappa shape index (κ3) is 3.02. The van der Waals surface area contributed by atoms with Gasteiger partial charge in [0.05, 0.1) is 17.8 Å². The summed E-state index contributed by atoms with van der Waals surface area (Å²) in [6.45, 7) is 0.595. The minimum Gasteiger partial charge on any atom is -0.458 e. The maximum atomic E-state index is 13.7. The number of benzene rings is 1. The van der Waals surface area contributed by atoms with Crippen molar-refractivity contribution in [1.82, 2.24) is 0 Å². The molecule has 114 valence electrons. The van der Waals surface area contributed by atoms with Crippen LogP contribution in [0.3, 0.4) is 0 Å². The SMILES string of the molecule is Nc1ccc(F)c(C(=O)OC2CCOC3(CCCC3)C2)c1. The molecule has 0 aromatic heterocycles. The second kappa shape index (κ2) is 5.64. The van der Waals surface area contributed by atoms with E-state index in [4.69, 9.17) is 15.2 Å². The van der Waals surface area contributed by atoms with Crippen molar-refractivity contribution < 1.29 is 18.7 Å². The van der Waals surface area contributed by atoms with Crippen molar-refractivity contribution in [1.29, 1.82) is 0 Å². The molecular formula is C16H20FNO3. The maximum absolute atomic E-state index is 13.7. The lowest BCUT2D eigenvalue weighted by Gasteiger charge is -2.37. The normalized spacial score (nSPS) is 24.1. The monoisotopic (exact) mass is 293 g/mol. The number of halogens is 1. The van der Waals surface area contributed by atoms with Crippen LogP contribution >= 0.6 is 0 Å². The van der Waals surface area contributed by atoms with Crippen LogP contribution < -0.4 is 5.73 Å². The molecule has 1 aromatic rings. The Morgan fingerprint density at radius 3 is 2.90 bits per heavy atom.